The van der Waals surface area contributed by atoms with Gasteiger partial charge in [0.25, 0.3) is 11.7 Å². The van der Waals surface area contributed by atoms with Crippen LogP contribution in [-0.2, 0) is 9.59 Å². The van der Waals surface area contributed by atoms with Crippen molar-refractivity contribution in [3.05, 3.63) is 58.7 Å². The molecule has 1 unspecified atom stereocenters. The SMILES string of the molecule is CCOc1ccc(C2/C(=C(/O)c3ccc(OCC(C)C)c(C)c3)C(=O)C(=O)N2CCN(C)C)cc1OCC. The zero-order valence-corrected chi connectivity index (χ0v) is 23.5. The van der Waals surface area contributed by atoms with Crippen LogP contribution < -0.4 is 14.2 Å². The normalized spacial score (nSPS) is 17.0. The van der Waals surface area contributed by atoms with Crippen molar-refractivity contribution < 1.29 is 28.9 Å². The molecule has 1 aliphatic rings. The molecule has 0 spiro atoms. The Morgan fingerprint density at radius 2 is 1.63 bits per heavy atom. The molecule has 8 nitrogen and oxygen atoms in total. The van der Waals surface area contributed by atoms with E-state index in [1.165, 1.54) is 4.90 Å². The van der Waals surface area contributed by atoms with Crippen LogP contribution in [0.5, 0.6) is 17.2 Å². The van der Waals surface area contributed by atoms with Crippen molar-refractivity contribution in [2.45, 2.75) is 40.7 Å². The molecule has 1 atom stereocenters. The van der Waals surface area contributed by atoms with Crippen LogP contribution in [0, 0.1) is 12.8 Å². The Morgan fingerprint density at radius 1 is 0.974 bits per heavy atom. The highest BCUT2D eigenvalue weighted by Gasteiger charge is 2.46. The van der Waals surface area contributed by atoms with Gasteiger partial charge in [0.15, 0.2) is 11.5 Å². The van der Waals surface area contributed by atoms with E-state index in [2.05, 4.69) is 13.8 Å². The molecule has 206 valence electrons. The Bertz CT molecular complexity index is 1190. The lowest BCUT2D eigenvalue weighted by Crippen LogP contribution is -2.35. The molecule has 8 heteroatoms. The van der Waals surface area contributed by atoms with Gasteiger partial charge in [0.2, 0.25) is 0 Å². The molecular formula is C30H40N2O6. The molecule has 1 saturated heterocycles. The molecule has 2 aromatic rings. The zero-order valence-electron chi connectivity index (χ0n) is 23.5. The summed E-state index contributed by atoms with van der Waals surface area (Å²) in [4.78, 5) is 30.1. The molecule has 0 saturated carbocycles. The number of aliphatic hydroxyl groups excluding tert-OH is 1. The van der Waals surface area contributed by atoms with Crippen LogP contribution in [0.2, 0.25) is 0 Å². The number of rotatable bonds is 12. The van der Waals surface area contributed by atoms with Gasteiger partial charge in [-0.05, 0) is 82.2 Å². The van der Waals surface area contributed by atoms with E-state index >= 15 is 0 Å². The Kier molecular flexibility index (Phi) is 9.80. The number of ether oxygens (including phenoxy) is 3. The average Bonchev–Trinajstić information content (AvgIpc) is 3.12. The number of ketones is 1. The van der Waals surface area contributed by atoms with Gasteiger partial charge in [0.05, 0.1) is 31.4 Å². The molecular weight excluding hydrogens is 484 g/mol. The minimum atomic E-state index is -0.776. The van der Waals surface area contributed by atoms with Crippen molar-refractivity contribution in [2.75, 3.05) is 47.0 Å². The van der Waals surface area contributed by atoms with Crippen molar-refractivity contribution in [3.8, 4) is 17.2 Å². The summed E-state index contributed by atoms with van der Waals surface area (Å²) in [6, 6.07) is 9.88. The van der Waals surface area contributed by atoms with E-state index in [4.69, 9.17) is 14.2 Å². The van der Waals surface area contributed by atoms with Crippen molar-refractivity contribution in [2.24, 2.45) is 5.92 Å². The Labute approximate surface area is 225 Å². The molecule has 1 N–H and O–H groups in total. The molecule has 0 radical (unpaired) electrons. The lowest BCUT2D eigenvalue weighted by molar-refractivity contribution is -0.140. The largest absolute Gasteiger partial charge is 0.507 e. The molecule has 2 aromatic carbocycles. The molecule has 1 heterocycles. The van der Waals surface area contributed by atoms with Crippen LogP contribution in [0.3, 0.4) is 0 Å². The van der Waals surface area contributed by atoms with Gasteiger partial charge in [-0.3, -0.25) is 9.59 Å². The first-order valence-electron chi connectivity index (χ1n) is 13.1. The van der Waals surface area contributed by atoms with Gasteiger partial charge in [0, 0.05) is 18.7 Å². The quantitative estimate of drug-likeness (QED) is 0.242. The second kappa shape index (κ2) is 12.8. The highest BCUT2D eigenvalue weighted by molar-refractivity contribution is 6.46. The van der Waals surface area contributed by atoms with E-state index in [0.717, 1.165) is 5.56 Å². The average molecular weight is 525 g/mol. The number of aryl methyl sites for hydroxylation is 1. The predicted molar refractivity (Wildman–Crippen MR) is 148 cm³/mol. The number of nitrogens with zero attached hydrogens (tertiary/aromatic N) is 2. The lowest BCUT2D eigenvalue weighted by atomic mass is 9.94. The smallest absolute Gasteiger partial charge is 0.295 e. The Morgan fingerprint density at radius 3 is 2.24 bits per heavy atom. The number of benzene rings is 2. The molecule has 38 heavy (non-hydrogen) atoms. The fraction of sp³-hybridized carbons (Fsp3) is 0.467. The third-order valence-corrected chi connectivity index (χ3v) is 6.23. The summed E-state index contributed by atoms with van der Waals surface area (Å²) < 4.78 is 17.4. The maximum absolute atomic E-state index is 13.4. The molecule has 3 rings (SSSR count). The highest BCUT2D eigenvalue weighted by atomic mass is 16.5. The fourth-order valence-corrected chi connectivity index (χ4v) is 4.37. The standard InChI is InChI=1S/C30H40N2O6/c1-8-36-24-13-10-21(17-25(24)37-9-2)27-26(29(34)30(35)32(27)15-14-31(6)7)28(33)22-11-12-23(20(5)16-22)38-18-19(3)4/h10-13,16-17,19,27,33H,8-9,14-15,18H2,1-7H3/b28-26-. The fourth-order valence-electron chi connectivity index (χ4n) is 4.37. The van der Waals surface area contributed by atoms with Gasteiger partial charge in [-0.15, -0.1) is 0 Å². The van der Waals surface area contributed by atoms with Gasteiger partial charge < -0.3 is 29.1 Å². The third-order valence-electron chi connectivity index (χ3n) is 6.23. The second-order valence-electron chi connectivity index (χ2n) is 10.1. The summed E-state index contributed by atoms with van der Waals surface area (Å²) in [6.07, 6.45) is 0. The summed E-state index contributed by atoms with van der Waals surface area (Å²) >= 11 is 0. The zero-order chi connectivity index (χ0) is 28.0. The van der Waals surface area contributed by atoms with Crippen molar-refractivity contribution in [1.82, 2.24) is 9.80 Å². The first-order valence-corrected chi connectivity index (χ1v) is 13.1. The number of carbonyl (C=O) groups excluding carboxylic acids is 2. The van der Waals surface area contributed by atoms with Crippen LogP contribution >= 0.6 is 0 Å². The Balaban J connectivity index is 2.13. The molecule has 1 fully saturated rings. The minimum Gasteiger partial charge on any atom is -0.507 e. The van der Waals surface area contributed by atoms with E-state index in [0.29, 0.717) is 67.2 Å². The maximum Gasteiger partial charge on any atom is 0.295 e. The number of aliphatic hydroxyl groups is 1. The van der Waals surface area contributed by atoms with Crippen LogP contribution in [-0.4, -0.2) is 73.6 Å². The monoisotopic (exact) mass is 524 g/mol. The van der Waals surface area contributed by atoms with Crippen LogP contribution in [0.4, 0.5) is 0 Å². The van der Waals surface area contributed by atoms with Gasteiger partial charge in [-0.2, -0.15) is 0 Å². The summed E-state index contributed by atoms with van der Waals surface area (Å²) in [5.41, 5.74) is 1.99. The second-order valence-corrected chi connectivity index (χ2v) is 10.1. The van der Waals surface area contributed by atoms with E-state index in [9.17, 15) is 14.7 Å². The highest BCUT2D eigenvalue weighted by Crippen LogP contribution is 2.42. The van der Waals surface area contributed by atoms with Crippen LogP contribution in [0.25, 0.3) is 5.76 Å². The number of amides is 1. The summed E-state index contributed by atoms with van der Waals surface area (Å²) in [5, 5.41) is 11.5. The van der Waals surface area contributed by atoms with Crippen LogP contribution in [0.1, 0.15) is 50.4 Å². The third kappa shape index (κ3) is 6.48. The van der Waals surface area contributed by atoms with Crippen LogP contribution in [0.15, 0.2) is 42.0 Å². The van der Waals surface area contributed by atoms with Crippen molar-refractivity contribution in [1.29, 1.82) is 0 Å². The summed E-state index contributed by atoms with van der Waals surface area (Å²) in [6.45, 7) is 12.1. The van der Waals surface area contributed by atoms with Crippen molar-refractivity contribution >= 4 is 17.4 Å². The molecule has 1 aliphatic heterocycles. The Hall–Kier alpha value is -3.52. The number of hydrogen-bond acceptors (Lipinski definition) is 7. The predicted octanol–water partition coefficient (Wildman–Crippen LogP) is 4.81. The summed E-state index contributed by atoms with van der Waals surface area (Å²) in [7, 11) is 3.81. The molecule has 0 aliphatic carbocycles. The molecule has 0 aromatic heterocycles. The van der Waals surface area contributed by atoms with E-state index in [-0.39, 0.29) is 11.3 Å². The van der Waals surface area contributed by atoms with Gasteiger partial charge in [-0.1, -0.05) is 19.9 Å². The van der Waals surface area contributed by atoms with Crippen molar-refractivity contribution in [3.63, 3.8) is 0 Å². The minimum absolute atomic E-state index is 0.0515. The van der Waals surface area contributed by atoms with Gasteiger partial charge in [-0.25, -0.2) is 0 Å². The molecule has 1 amide bonds. The first-order chi connectivity index (χ1) is 18.1. The lowest BCUT2D eigenvalue weighted by Gasteiger charge is -2.27. The maximum atomic E-state index is 13.4. The number of hydrogen-bond donors (Lipinski definition) is 1. The van der Waals surface area contributed by atoms with E-state index in [1.807, 2.05) is 45.8 Å². The topological polar surface area (TPSA) is 88.5 Å². The van der Waals surface area contributed by atoms with E-state index in [1.54, 1.807) is 30.3 Å². The first kappa shape index (κ1) is 29.0. The molecule has 0 bridgehead atoms. The number of likely N-dealkylation sites (N-methyl/N-ethyl adjacent to an activating group) is 1. The summed E-state index contributed by atoms with van der Waals surface area (Å²) in [5.74, 6) is 0.617. The van der Waals surface area contributed by atoms with Gasteiger partial charge >= 0.3 is 0 Å². The van der Waals surface area contributed by atoms with E-state index < -0.39 is 17.7 Å². The van der Waals surface area contributed by atoms with Gasteiger partial charge in [0.1, 0.15) is 11.5 Å². The number of Topliss-reactive ketones (excluding diaryl/α,β-unsaturated/α-hetero) is 1. The number of carbonyl (C=O) groups is 2. The number of likely N-dealkylation sites (tertiary alicyclic amines) is 1.